The van der Waals surface area contributed by atoms with Gasteiger partial charge in [0.05, 0.1) is 0 Å². The molecule has 1 rings (SSSR count). The number of nitrogens with one attached hydrogen (secondary N) is 1. The monoisotopic (exact) mass is 198 g/mol. The minimum Gasteiger partial charge on any atom is -0.313 e. The largest absolute Gasteiger partial charge is 0.313 e. The molecule has 1 fully saturated rings. The lowest BCUT2D eigenvalue weighted by Crippen LogP contribution is -2.36. The minimum atomic E-state index is 0.720. The van der Waals surface area contributed by atoms with Crippen LogP contribution in [0.25, 0.3) is 0 Å². The maximum absolute atomic E-state index is 3.61. The zero-order valence-electron chi connectivity index (χ0n) is 10.1. The van der Waals surface area contributed by atoms with Gasteiger partial charge in [0.25, 0.3) is 0 Å². The molecule has 0 radical (unpaired) electrons. The summed E-state index contributed by atoms with van der Waals surface area (Å²) in [6.45, 7) is 11.5. The second-order valence-electron chi connectivity index (χ2n) is 4.56. The van der Waals surface area contributed by atoms with Crippen molar-refractivity contribution in [3.05, 3.63) is 0 Å². The molecule has 0 saturated heterocycles. The van der Waals surface area contributed by atoms with E-state index in [1.54, 1.807) is 0 Å². The van der Waals surface area contributed by atoms with Crippen LogP contribution in [0.15, 0.2) is 0 Å². The predicted molar refractivity (Wildman–Crippen MR) is 62.6 cm³/mol. The van der Waals surface area contributed by atoms with Gasteiger partial charge in [-0.2, -0.15) is 0 Å². The molecule has 1 atom stereocenters. The SMILES string of the molecule is CCN(CC)CCNC(C)CC1CC1. The molecule has 84 valence electrons. The lowest BCUT2D eigenvalue weighted by molar-refractivity contribution is 0.295. The fraction of sp³-hybridized carbons (Fsp3) is 1.00. The second kappa shape index (κ2) is 6.41. The molecule has 0 aliphatic heterocycles. The Kier molecular flexibility index (Phi) is 5.49. The summed E-state index contributed by atoms with van der Waals surface area (Å²) in [5.74, 6) is 1.05. The lowest BCUT2D eigenvalue weighted by atomic mass is 10.1. The molecular weight excluding hydrogens is 172 g/mol. The minimum absolute atomic E-state index is 0.720. The third-order valence-electron chi connectivity index (χ3n) is 3.20. The Labute approximate surface area is 89.1 Å². The summed E-state index contributed by atoms with van der Waals surface area (Å²) in [7, 11) is 0. The van der Waals surface area contributed by atoms with Gasteiger partial charge in [0, 0.05) is 19.1 Å². The molecule has 14 heavy (non-hydrogen) atoms. The zero-order valence-corrected chi connectivity index (χ0v) is 10.1. The summed E-state index contributed by atoms with van der Waals surface area (Å²) in [4.78, 5) is 2.47. The highest BCUT2D eigenvalue weighted by molar-refractivity contribution is 4.78. The summed E-state index contributed by atoms with van der Waals surface area (Å²) in [6.07, 6.45) is 4.34. The Bertz CT molecular complexity index is 139. The maximum atomic E-state index is 3.61. The van der Waals surface area contributed by atoms with Crippen LogP contribution >= 0.6 is 0 Å². The number of rotatable bonds is 8. The van der Waals surface area contributed by atoms with Crippen LogP contribution in [-0.4, -0.2) is 37.1 Å². The highest BCUT2D eigenvalue weighted by Gasteiger charge is 2.23. The van der Waals surface area contributed by atoms with E-state index in [9.17, 15) is 0 Å². The summed E-state index contributed by atoms with van der Waals surface area (Å²) in [5, 5.41) is 3.61. The van der Waals surface area contributed by atoms with Gasteiger partial charge in [-0.15, -0.1) is 0 Å². The number of nitrogens with zero attached hydrogens (tertiary/aromatic N) is 1. The molecule has 0 heterocycles. The van der Waals surface area contributed by atoms with E-state index in [4.69, 9.17) is 0 Å². The smallest absolute Gasteiger partial charge is 0.0107 e. The maximum Gasteiger partial charge on any atom is 0.0107 e. The topological polar surface area (TPSA) is 15.3 Å². The zero-order chi connectivity index (χ0) is 10.4. The van der Waals surface area contributed by atoms with Crippen molar-refractivity contribution in [1.82, 2.24) is 10.2 Å². The predicted octanol–water partition coefficient (Wildman–Crippen LogP) is 2.11. The molecule has 1 aliphatic carbocycles. The Morgan fingerprint density at radius 1 is 1.29 bits per heavy atom. The summed E-state index contributed by atoms with van der Waals surface area (Å²) in [5.41, 5.74) is 0. The number of likely N-dealkylation sites (N-methyl/N-ethyl adjacent to an activating group) is 1. The summed E-state index contributed by atoms with van der Waals surface area (Å²) < 4.78 is 0. The van der Waals surface area contributed by atoms with Crippen molar-refractivity contribution < 1.29 is 0 Å². The van der Waals surface area contributed by atoms with Crippen LogP contribution in [-0.2, 0) is 0 Å². The van der Waals surface area contributed by atoms with E-state index < -0.39 is 0 Å². The summed E-state index contributed by atoms with van der Waals surface area (Å²) >= 11 is 0. The van der Waals surface area contributed by atoms with Gasteiger partial charge in [-0.3, -0.25) is 0 Å². The fourth-order valence-electron chi connectivity index (χ4n) is 1.95. The lowest BCUT2D eigenvalue weighted by Gasteiger charge is -2.20. The Morgan fingerprint density at radius 3 is 2.43 bits per heavy atom. The third-order valence-corrected chi connectivity index (χ3v) is 3.20. The molecule has 1 N–H and O–H groups in total. The van der Waals surface area contributed by atoms with Gasteiger partial charge in [-0.25, -0.2) is 0 Å². The van der Waals surface area contributed by atoms with Crippen LogP contribution in [0.1, 0.15) is 40.0 Å². The van der Waals surface area contributed by atoms with Gasteiger partial charge in [-0.1, -0.05) is 26.7 Å². The van der Waals surface area contributed by atoms with Crippen LogP contribution in [0.4, 0.5) is 0 Å². The summed E-state index contributed by atoms with van der Waals surface area (Å²) in [6, 6.07) is 0.720. The molecule has 2 heteroatoms. The number of hydrogen-bond donors (Lipinski definition) is 1. The van der Waals surface area contributed by atoms with E-state index in [1.807, 2.05) is 0 Å². The molecule has 0 spiro atoms. The molecule has 1 unspecified atom stereocenters. The van der Waals surface area contributed by atoms with Crippen LogP contribution in [0, 0.1) is 5.92 Å². The van der Waals surface area contributed by atoms with Crippen molar-refractivity contribution in [2.45, 2.75) is 46.1 Å². The molecule has 2 nitrogen and oxygen atoms in total. The fourth-order valence-corrected chi connectivity index (χ4v) is 1.95. The van der Waals surface area contributed by atoms with Crippen molar-refractivity contribution in [3.8, 4) is 0 Å². The van der Waals surface area contributed by atoms with E-state index in [2.05, 4.69) is 31.0 Å². The van der Waals surface area contributed by atoms with Crippen molar-refractivity contribution in [2.75, 3.05) is 26.2 Å². The highest BCUT2D eigenvalue weighted by Crippen LogP contribution is 2.33. The first-order chi connectivity index (χ1) is 6.76. The molecule has 1 saturated carbocycles. The Morgan fingerprint density at radius 2 is 1.93 bits per heavy atom. The van der Waals surface area contributed by atoms with Gasteiger partial charge in [0.1, 0.15) is 0 Å². The van der Waals surface area contributed by atoms with Crippen LogP contribution in [0.3, 0.4) is 0 Å². The Balaban J connectivity index is 1.95. The van der Waals surface area contributed by atoms with Crippen LogP contribution in [0.2, 0.25) is 0 Å². The van der Waals surface area contributed by atoms with E-state index in [0.717, 1.165) is 18.5 Å². The van der Waals surface area contributed by atoms with Gasteiger partial charge in [-0.05, 0) is 32.4 Å². The highest BCUT2D eigenvalue weighted by atomic mass is 15.1. The van der Waals surface area contributed by atoms with Crippen molar-refractivity contribution in [3.63, 3.8) is 0 Å². The first kappa shape index (κ1) is 12.0. The quantitative estimate of drug-likeness (QED) is 0.642. The second-order valence-corrected chi connectivity index (χ2v) is 4.56. The van der Waals surface area contributed by atoms with E-state index in [1.165, 1.54) is 38.9 Å². The van der Waals surface area contributed by atoms with Crippen molar-refractivity contribution in [1.29, 1.82) is 0 Å². The molecule has 0 aromatic heterocycles. The van der Waals surface area contributed by atoms with E-state index in [-0.39, 0.29) is 0 Å². The molecular formula is C12H26N2. The van der Waals surface area contributed by atoms with Gasteiger partial charge >= 0.3 is 0 Å². The first-order valence-corrected chi connectivity index (χ1v) is 6.22. The first-order valence-electron chi connectivity index (χ1n) is 6.22. The standard InChI is InChI=1S/C12H26N2/c1-4-14(5-2)9-8-13-11(3)10-12-6-7-12/h11-13H,4-10H2,1-3H3. The molecule has 0 bridgehead atoms. The van der Waals surface area contributed by atoms with Crippen molar-refractivity contribution in [2.24, 2.45) is 5.92 Å². The number of hydrogen-bond acceptors (Lipinski definition) is 2. The normalized spacial score (nSPS) is 18.9. The van der Waals surface area contributed by atoms with Gasteiger partial charge in [0.2, 0.25) is 0 Å². The molecule has 0 aromatic carbocycles. The molecule has 0 amide bonds. The average Bonchev–Trinajstić information content (AvgIpc) is 2.96. The van der Waals surface area contributed by atoms with Crippen molar-refractivity contribution >= 4 is 0 Å². The van der Waals surface area contributed by atoms with Crippen LogP contribution < -0.4 is 5.32 Å². The van der Waals surface area contributed by atoms with E-state index in [0.29, 0.717) is 0 Å². The van der Waals surface area contributed by atoms with E-state index >= 15 is 0 Å². The van der Waals surface area contributed by atoms with Gasteiger partial charge in [0.15, 0.2) is 0 Å². The molecule has 1 aliphatic rings. The van der Waals surface area contributed by atoms with Crippen LogP contribution in [0.5, 0.6) is 0 Å². The Hall–Kier alpha value is -0.0800. The average molecular weight is 198 g/mol. The molecule has 0 aromatic rings. The third kappa shape index (κ3) is 4.97. The van der Waals surface area contributed by atoms with Gasteiger partial charge < -0.3 is 10.2 Å².